The van der Waals surface area contributed by atoms with Gasteiger partial charge >= 0.3 is 0 Å². The van der Waals surface area contributed by atoms with Crippen LogP contribution in [0.5, 0.6) is 0 Å². The van der Waals surface area contributed by atoms with E-state index in [1.807, 2.05) is 0 Å². The lowest BCUT2D eigenvalue weighted by Crippen LogP contribution is -2.51. The average Bonchev–Trinajstić information content (AvgIpc) is 2.82. The number of nitrogens with one attached hydrogen (secondary N) is 1. The molecular weight excluding hydrogens is 294 g/mol. The van der Waals surface area contributed by atoms with Gasteiger partial charge in [0, 0.05) is 13.6 Å². The number of piperidine rings is 1. The Bertz CT molecular complexity index is 612. The van der Waals surface area contributed by atoms with Gasteiger partial charge < -0.3 is 4.90 Å². The molecule has 0 bridgehead atoms. The Labute approximate surface area is 124 Å². The third kappa shape index (κ3) is 3.79. The Morgan fingerprint density at radius 3 is 2.76 bits per heavy atom. The van der Waals surface area contributed by atoms with E-state index < -0.39 is 16.1 Å². The summed E-state index contributed by atoms with van der Waals surface area (Å²) < 4.78 is 24.9. The first kappa shape index (κ1) is 15.9. The van der Waals surface area contributed by atoms with Gasteiger partial charge in [-0.1, -0.05) is 6.42 Å². The van der Waals surface area contributed by atoms with E-state index in [1.165, 1.54) is 9.21 Å². The lowest BCUT2D eigenvalue weighted by molar-refractivity contribution is -0.135. The lowest BCUT2D eigenvalue weighted by Gasteiger charge is -2.34. The van der Waals surface area contributed by atoms with Crippen LogP contribution < -0.4 is 0 Å². The van der Waals surface area contributed by atoms with Crippen molar-refractivity contribution in [2.45, 2.75) is 38.8 Å². The minimum atomic E-state index is -3.37. The van der Waals surface area contributed by atoms with E-state index in [4.69, 9.17) is 0 Å². The van der Waals surface area contributed by atoms with Crippen molar-refractivity contribution >= 4 is 15.9 Å². The molecule has 8 nitrogen and oxygen atoms in total. The van der Waals surface area contributed by atoms with Gasteiger partial charge in [0.2, 0.25) is 15.9 Å². The van der Waals surface area contributed by atoms with Crippen molar-refractivity contribution in [3.8, 4) is 0 Å². The monoisotopic (exact) mass is 315 g/mol. The number of aromatic nitrogens is 3. The van der Waals surface area contributed by atoms with Crippen LogP contribution in [0, 0.1) is 6.92 Å². The summed E-state index contributed by atoms with van der Waals surface area (Å²) in [6.07, 6.45) is 3.36. The molecule has 1 fully saturated rings. The first-order valence-electron chi connectivity index (χ1n) is 6.88. The number of carbonyl (C=O) groups excluding carboxylic acids is 1. The maximum Gasteiger partial charge on any atom is 0.241 e. The summed E-state index contributed by atoms with van der Waals surface area (Å²) >= 11 is 0. The van der Waals surface area contributed by atoms with Crippen LogP contribution in [0.2, 0.25) is 0 Å². The van der Waals surface area contributed by atoms with Crippen LogP contribution in [0.25, 0.3) is 0 Å². The third-order valence-electron chi connectivity index (χ3n) is 3.56. The van der Waals surface area contributed by atoms with E-state index in [2.05, 4.69) is 15.2 Å². The molecule has 0 spiro atoms. The molecule has 1 amide bonds. The largest absolute Gasteiger partial charge is 0.337 e. The minimum Gasteiger partial charge on any atom is -0.337 e. The molecule has 1 saturated heterocycles. The predicted molar refractivity (Wildman–Crippen MR) is 76.8 cm³/mol. The molecule has 9 heteroatoms. The van der Waals surface area contributed by atoms with Gasteiger partial charge in [0.1, 0.15) is 11.9 Å². The highest BCUT2D eigenvalue weighted by Crippen LogP contribution is 2.21. The zero-order valence-corrected chi connectivity index (χ0v) is 13.4. The number of amides is 1. The Morgan fingerprint density at radius 2 is 2.19 bits per heavy atom. The highest BCUT2D eigenvalue weighted by Gasteiger charge is 2.36. The molecule has 0 aliphatic carbocycles. The molecule has 21 heavy (non-hydrogen) atoms. The second-order valence-corrected chi connectivity index (χ2v) is 7.35. The summed E-state index contributed by atoms with van der Waals surface area (Å²) in [5.41, 5.74) is 0. The third-order valence-corrected chi connectivity index (χ3v) is 4.85. The second-order valence-electron chi connectivity index (χ2n) is 5.42. The van der Waals surface area contributed by atoms with Crippen molar-refractivity contribution in [2.24, 2.45) is 0 Å². The molecular formula is C12H21N5O3S. The van der Waals surface area contributed by atoms with Gasteiger partial charge in [0.15, 0.2) is 5.82 Å². The van der Waals surface area contributed by atoms with Crippen molar-refractivity contribution in [3.05, 3.63) is 11.6 Å². The summed E-state index contributed by atoms with van der Waals surface area (Å²) in [4.78, 5) is 18.2. The number of H-pyrrole nitrogens is 1. The quantitative estimate of drug-likeness (QED) is 0.835. The van der Waals surface area contributed by atoms with E-state index in [0.29, 0.717) is 24.6 Å². The van der Waals surface area contributed by atoms with Crippen LogP contribution in [0.3, 0.4) is 0 Å². The Kier molecular flexibility index (Phi) is 4.62. The number of hydrogen-bond acceptors (Lipinski definition) is 5. The van der Waals surface area contributed by atoms with Gasteiger partial charge in [-0.2, -0.15) is 9.40 Å². The number of aromatic amines is 1. The van der Waals surface area contributed by atoms with Crippen LogP contribution in [-0.4, -0.2) is 64.6 Å². The molecule has 1 aliphatic heterocycles. The van der Waals surface area contributed by atoms with Crippen LogP contribution >= 0.6 is 0 Å². The van der Waals surface area contributed by atoms with Crippen molar-refractivity contribution in [2.75, 3.05) is 19.8 Å². The van der Waals surface area contributed by atoms with E-state index in [0.717, 1.165) is 19.1 Å². The van der Waals surface area contributed by atoms with E-state index in [1.54, 1.807) is 14.0 Å². The molecule has 1 aromatic heterocycles. The van der Waals surface area contributed by atoms with Crippen molar-refractivity contribution in [3.63, 3.8) is 0 Å². The molecule has 2 rings (SSSR count). The molecule has 1 aliphatic rings. The Balaban J connectivity index is 2.09. The molecule has 0 saturated carbocycles. The zero-order chi connectivity index (χ0) is 15.6. The van der Waals surface area contributed by atoms with Gasteiger partial charge in [-0.05, 0) is 19.8 Å². The predicted octanol–water partition coefficient (Wildman–Crippen LogP) is -0.114. The van der Waals surface area contributed by atoms with Crippen molar-refractivity contribution < 1.29 is 13.2 Å². The van der Waals surface area contributed by atoms with Crippen LogP contribution in [0.1, 0.15) is 30.9 Å². The molecule has 1 unspecified atom stereocenters. The summed E-state index contributed by atoms with van der Waals surface area (Å²) in [5.74, 6) is 0.994. The number of rotatable bonds is 4. The molecule has 118 valence electrons. The Morgan fingerprint density at radius 1 is 1.48 bits per heavy atom. The van der Waals surface area contributed by atoms with Gasteiger partial charge in [-0.15, -0.1) is 0 Å². The first-order valence-corrected chi connectivity index (χ1v) is 8.73. The zero-order valence-electron chi connectivity index (χ0n) is 12.5. The number of likely N-dealkylation sites (N-methyl/N-ethyl adjacent to an activating group) is 1. The molecule has 1 atom stereocenters. The van der Waals surface area contributed by atoms with Crippen LogP contribution in [0.15, 0.2) is 0 Å². The smallest absolute Gasteiger partial charge is 0.241 e. The first-order chi connectivity index (χ1) is 9.79. The fourth-order valence-electron chi connectivity index (χ4n) is 2.55. The van der Waals surface area contributed by atoms with Crippen molar-refractivity contribution in [1.82, 2.24) is 24.4 Å². The molecule has 1 N–H and O–H groups in total. The Hall–Kier alpha value is -1.48. The fourth-order valence-corrected chi connectivity index (χ4v) is 3.67. The molecule has 2 heterocycles. The number of aryl methyl sites for hydroxylation is 1. The summed E-state index contributed by atoms with van der Waals surface area (Å²) in [7, 11) is -1.73. The number of carbonyl (C=O) groups is 1. The second kappa shape index (κ2) is 6.10. The van der Waals surface area contributed by atoms with Gasteiger partial charge in [-0.25, -0.2) is 13.4 Å². The van der Waals surface area contributed by atoms with Crippen molar-refractivity contribution in [1.29, 1.82) is 0 Å². The number of sulfonamides is 1. The highest BCUT2D eigenvalue weighted by molar-refractivity contribution is 7.88. The molecule has 0 aromatic carbocycles. The fraction of sp³-hybridized carbons (Fsp3) is 0.750. The van der Waals surface area contributed by atoms with Gasteiger partial charge in [-0.3, -0.25) is 9.89 Å². The number of hydrogen-bond donors (Lipinski definition) is 1. The number of nitrogens with zero attached hydrogens (tertiary/aromatic N) is 4. The lowest BCUT2D eigenvalue weighted by atomic mass is 10.0. The topological polar surface area (TPSA) is 99.3 Å². The minimum absolute atomic E-state index is 0.206. The standard InChI is InChI=1S/C12H21N5O3S/c1-9-13-11(15-14-9)8-16(2)12(18)10-6-4-5-7-17(10)21(3,19)20/h10H,4-8H2,1-3H3,(H,13,14,15). The van der Waals surface area contributed by atoms with E-state index >= 15 is 0 Å². The maximum absolute atomic E-state index is 12.5. The maximum atomic E-state index is 12.5. The summed E-state index contributed by atoms with van der Waals surface area (Å²) in [6, 6.07) is -0.612. The van der Waals surface area contributed by atoms with Crippen LogP contribution in [-0.2, 0) is 21.4 Å². The van der Waals surface area contributed by atoms with Gasteiger partial charge in [0.25, 0.3) is 0 Å². The summed E-state index contributed by atoms with van der Waals surface area (Å²) in [6.45, 7) is 2.45. The van der Waals surface area contributed by atoms with E-state index in [-0.39, 0.29) is 12.5 Å². The highest BCUT2D eigenvalue weighted by atomic mass is 32.2. The van der Waals surface area contributed by atoms with Crippen LogP contribution in [0.4, 0.5) is 0 Å². The van der Waals surface area contributed by atoms with E-state index in [9.17, 15) is 13.2 Å². The molecule has 0 radical (unpaired) electrons. The molecule has 1 aromatic rings. The average molecular weight is 315 g/mol. The SMILES string of the molecule is Cc1nc(CN(C)C(=O)C2CCCCN2S(C)(=O)=O)n[nH]1. The normalized spacial score (nSPS) is 20.4. The van der Waals surface area contributed by atoms with Gasteiger partial charge in [0.05, 0.1) is 12.8 Å². The summed E-state index contributed by atoms with van der Waals surface area (Å²) in [5, 5.41) is 6.71.